The van der Waals surface area contributed by atoms with E-state index in [4.69, 9.17) is 4.74 Å². The van der Waals surface area contributed by atoms with E-state index in [9.17, 15) is 9.90 Å². The van der Waals surface area contributed by atoms with Gasteiger partial charge in [0.2, 0.25) is 0 Å². The summed E-state index contributed by atoms with van der Waals surface area (Å²) in [7, 11) is 1.47. The van der Waals surface area contributed by atoms with Gasteiger partial charge in [0.25, 0.3) is 5.91 Å². The third-order valence-electron chi connectivity index (χ3n) is 5.91. The van der Waals surface area contributed by atoms with E-state index in [-0.39, 0.29) is 22.8 Å². The smallest absolute Gasteiger partial charge is 0.250 e. The van der Waals surface area contributed by atoms with E-state index in [0.29, 0.717) is 22.3 Å². The van der Waals surface area contributed by atoms with Gasteiger partial charge in [-0.25, -0.2) is 5.43 Å². The molecule has 8 nitrogen and oxygen atoms in total. The van der Waals surface area contributed by atoms with Gasteiger partial charge in [-0.05, 0) is 42.2 Å². The molecule has 2 N–H and O–H groups in total. The normalized spacial score (nSPS) is 11.6. The third-order valence-corrected chi connectivity index (χ3v) is 6.84. The Kier molecular flexibility index (Phi) is 8.16. The van der Waals surface area contributed by atoms with Gasteiger partial charge in [0.1, 0.15) is 0 Å². The number of aryl methyl sites for hydroxylation is 1. The molecule has 9 heteroatoms. The van der Waals surface area contributed by atoms with Gasteiger partial charge in [0.15, 0.2) is 22.5 Å². The van der Waals surface area contributed by atoms with Crippen molar-refractivity contribution in [3.05, 3.63) is 83.4 Å². The van der Waals surface area contributed by atoms with Gasteiger partial charge in [-0.3, -0.25) is 9.36 Å². The maximum absolute atomic E-state index is 12.5. The molecule has 0 bridgehead atoms. The average Bonchev–Trinajstić information content (AvgIpc) is 3.32. The van der Waals surface area contributed by atoms with Crippen LogP contribution in [-0.4, -0.2) is 44.9 Å². The molecular formula is C29H31N5O3S. The number of hydrazone groups is 1. The van der Waals surface area contributed by atoms with Gasteiger partial charge < -0.3 is 9.84 Å². The molecule has 0 spiro atoms. The molecule has 0 aliphatic rings. The molecule has 1 heterocycles. The second-order valence-electron chi connectivity index (χ2n) is 9.78. The van der Waals surface area contributed by atoms with E-state index in [2.05, 4.69) is 65.8 Å². The SMILES string of the molecule is COc1cccc(/C=N\NC(=O)CSc2nnc(-c3ccc(C(C)(C)C)cc3)n2-c2ccc(C)cc2)c1O. The molecule has 3 aromatic carbocycles. The molecule has 0 saturated heterocycles. The summed E-state index contributed by atoms with van der Waals surface area (Å²) in [6.07, 6.45) is 1.37. The van der Waals surface area contributed by atoms with Crippen LogP contribution in [0.5, 0.6) is 11.5 Å². The molecular weight excluding hydrogens is 498 g/mol. The molecule has 0 aliphatic carbocycles. The number of nitrogens with one attached hydrogen (secondary N) is 1. The zero-order valence-corrected chi connectivity index (χ0v) is 22.9. The van der Waals surface area contributed by atoms with Crippen LogP contribution in [0.15, 0.2) is 77.0 Å². The van der Waals surface area contributed by atoms with Crippen molar-refractivity contribution in [3.8, 4) is 28.6 Å². The highest BCUT2D eigenvalue weighted by Gasteiger charge is 2.19. The fourth-order valence-corrected chi connectivity index (χ4v) is 4.48. The van der Waals surface area contributed by atoms with Gasteiger partial charge >= 0.3 is 0 Å². The summed E-state index contributed by atoms with van der Waals surface area (Å²) in [6, 6.07) is 21.5. The van der Waals surface area contributed by atoms with Crippen LogP contribution in [0.1, 0.15) is 37.5 Å². The van der Waals surface area contributed by atoms with Gasteiger partial charge in [0, 0.05) is 16.8 Å². The van der Waals surface area contributed by atoms with Crippen molar-refractivity contribution in [1.29, 1.82) is 0 Å². The van der Waals surface area contributed by atoms with Crippen molar-refractivity contribution in [2.45, 2.75) is 38.3 Å². The highest BCUT2D eigenvalue weighted by molar-refractivity contribution is 7.99. The second kappa shape index (κ2) is 11.5. The summed E-state index contributed by atoms with van der Waals surface area (Å²) >= 11 is 1.27. The molecule has 0 aliphatic heterocycles. The Morgan fingerprint density at radius 3 is 2.45 bits per heavy atom. The molecule has 0 fully saturated rings. The minimum absolute atomic E-state index is 0.0448. The Labute approximate surface area is 226 Å². The second-order valence-corrected chi connectivity index (χ2v) is 10.7. The number of phenolic OH excluding ortho intramolecular Hbond substituents is 1. The third kappa shape index (κ3) is 6.23. The van der Waals surface area contributed by atoms with Crippen LogP contribution in [0.3, 0.4) is 0 Å². The van der Waals surface area contributed by atoms with Gasteiger partial charge in [0.05, 0.1) is 19.1 Å². The monoisotopic (exact) mass is 529 g/mol. The molecule has 4 rings (SSSR count). The van der Waals surface area contributed by atoms with Crippen molar-refractivity contribution >= 4 is 23.9 Å². The van der Waals surface area contributed by atoms with Crippen LogP contribution in [-0.2, 0) is 10.2 Å². The van der Waals surface area contributed by atoms with E-state index in [1.807, 2.05) is 35.8 Å². The lowest BCUT2D eigenvalue weighted by atomic mass is 9.87. The van der Waals surface area contributed by atoms with Crippen molar-refractivity contribution in [3.63, 3.8) is 0 Å². The highest BCUT2D eigenvalue weighted by atomic mass is 32.2. The molecule has 0 atom stereocenters. The number of ether oxygens (including phenoxy) is 1. The van der Waals surface area contributed by atoms with Gasteiger partial charge in [-0.1, -0.05) is 80.6 Å². The number of nitrogens with zero attached hydrogens (tertiary/aromatic N) is 4. The Balaban J connectivity index is 1.53. The first-order valence-electron chi connectivity index (χ1n) is 12.1. The predicted octanol–water partition coefficient (Wildman–Crippen LogP) is 5.50. The highest BCUT2D eigenvalue weighted by Crippen LogP contribution is 2.31. The number of amides is 1. The van der Waals surface area contributed by atoms with Gasteiger partial charge in [-0.15, -0.1) is 10.2 Å². The van der Waals surface area contributed by atoms with Gasteiger partial charge in [-0.2, -0.15) is 5.10 Å². The van der Waals surface area contributed by atoms with E-state index in [0.717, 1.165) is 16.8 Å². The number of methoxy groups -OCH3 is 1. The van der Waals surface area contributed by atoms with Crippen LogP contribution in [0.25, 0.3) is 17.1 Å². The molecule has 0 unspecified atom stereocenters. The standard InChI is InChI=1S/C29H31N5O3S/c1-19-9-15-23(16-10-19)34-27(20-11-13-22(14-12-20)29(2,3)4)32-33-28(34)38-18-25(35)31-30-17-21-7-6-8-24(37-5)26(21)36/h6-17,36H,18H2,1-5H3,(H,31,35)/b30-17-. The van der Waals surface area contributed by atoms with Crippen LogP contribution >= 0.6 is 11.8 Å². The molecule has 38 heavy (non-hydrogen) atoms. The average molecular weight is 530 g/mol. The lowest BCUT2D eigenvalue weighted by molar-refractivity contribution is -0.118. The Morgan fingerprint density at radius 1 is 1.08 bits per heavy atom. The minimum atomic E-state index is -0.317. The topological polar surface area (TPSA) is 102 Å². The zero-order chi connectivity index (χ0) is 27.3. The van der Waals surface area contributed by atoms with Crippen LogP contribution < -0.4 is 10.2 Å². The van der Waals surface area contributed by atoms with Crippen molar-refractivity contribution in [2.75, 3.05) is 12.9 Å². The van der Waals surface area contributed by atoms with E-state index in [1.54, 1.807) is 18.2 Å². The Hall–Kier alpha value is -4.11. The van der Waals surface area contributed by atoms with E-state index in [1.165, 1.54) is 30.6 Å². The quantitative estimate of drug-likeness (QED) is 0.178. The minimum Gasteiger partial charge on any atom is -0.504 e. The number of phenols is 1. The summed E-state index contributed by atoms with van der Waals surface area (Å²) in [5.74, 6) is 0.743. The van der Waals surface area contributed by atoms with Crippen molar-refractivity contribution < 1.29 is 14.6 Å². The van der Waals surface area contributed by atoms with E-state index >= 15 is 0 Å². The number of benzene rings is 3. The number of aromatic hydroxyl groups is 1. The molecule has 1 aromatic heterocycles. The number of aromatic nitrogens is 3. The number of carbonyl (C=O) groups is 1. The number of thioether (sulfide) groups is 1. The summed E-state index contributed by atoms with van der Waals surface area (Å²) in [5.41, 5.74) is 7.19. The fraction of sp³-hybridized carbons (Fsp3) is 0.241. The number of hydrogen-bond acceptors (Lipinski definition) is 7. The first-order chi connectivity index (χ1) is 18.2. The molecule has 4 aromatic rings. The lowest BCUT2D eigenvalue weighted by Gasteiger charge is -2.19. The van der Waals surface area contributed by atoms with Crippen molar-refractivity contribution in [1.82, 2.24) is 20.2 Å². The number of hydrogen-bond donors (Lipinski definition) is 2. The van der Waals surface area contributed by atoms with Crippen molar-refractivity contribution in [2.24, 2.45) is 5.10 Å². The first kappa shape index (κ1) is 26.9. The van der Waals surface area contributed by atoms with Crippen LogP contribution in [0.2, 0.25) is 0 Å². The summed E-state index contributed by atoms with van der Waals surface area (Å²) < 4.78 is 7.05. The largest absolute Gasteiger partial charge is 0.504 e. The lowest BCUT2D eigenvalue weighted by Crippen LogP contribution is -2.20. The van der Waals surface area contributed by atoms with E-state index < -0.39 is 0 Å². The summed E-state index contributed by atoms with van der Waals surface area (Å²) in [4.78, 5) is 12.5. The Morgan fingerprint density at radius 2 is 1.79 bits per heavy atom. The Bertz CT molecular complexity index is 1440. The first-order valence-corrected chi connectivity index (χ1v) is 13.1. The molecule has 196 valence electrons. The number of carbonyl (C=O) groups excluding carboxylic acids is 1. The molecule has 0 radical (unpaired) electrons. The van der Waals surface area contributed by atoms with Crippen LogP contribution in [0, 0.1) is 6.92 Å². The number of para-hydroxylation sites is 1. The fourth-order valence-electron chi connectivity index (χ4n) is 3.74. The van der Waals surface area contributed by atoms with Crippen LogP contribution in [0.4, 0.5) is 0 Å². The predicted molar refractivity (Wildman–Crippen MR) is 151 cm³/mol. The zero-order valence-electron chi connectivity index (χ0n) is 22.1. The molecule has 0 saturated carbocycles. The molecule has 1 amide bonds. The summed E-state index contributed by atoms with van der Waals surface area (Å²) in [5, 5.41) is 23.6. The number of rotatable bonds is 8. The summed E-state index contributed by atoms with van der Waals surface area (Å²) in [6.45, 7) is 8.58. The maximum atomic E-state index is 12.5. The maximum Gasteiger partial charge on any atom is 0.250 e.